The molecule has 3 aromatic rings. The molecule has 0 fully saturated rings. The number of anilines is 1. The maximum Gasteiger partial charge on any atom is 0.234 e. The Kier molecular flexibility index (Phi) is 6.08. The van der Waals surface area contributed by atoms with Gasteiger partial charge < -0.3 is 5.32 Å². The van der Waals surface area contributed by atoms with Crippen molar-refractivity contribution in [3.8, 4) is 5.69 Å². The largest absolute Gasteiger partial charge is 0.324 e. The van der Waals surface area contributed by atoms with E-state index in [1.807, 2.05) is 34.9 Å². The summed E-state index contributed by atoms with van der Waals surface area (Å²) in [5.41, 5.74) is 1.36. The summed E-state index contributed by atoms with van der Waals surface area (Å²) in [5.74, 6) is -0.0973. The third-order valence-corrected chi connectivity index (χ3v) is 5.62. The van der Waals surface area contributed by atoms with Gasteiger partial charge in [-0.1, -0.05) is 41.6 Å². The van der Waals surface area contributed by atoms with Gasteiger partial charge in [-0.3, -0.25) is 13.6 Å². The molecule has 6 nitrogen and oxygen atoms in total. The molecule has 1 unspecified atom stereocenters. The number of amides is 1. The highest BCUT2D eigenvalue weighted by molar-refractivity contribution is 7.99. The van der Waals surface area contributed by atoms with Crippen molar-refractivity contribution in [1.29, 1.82) is 0 Å². The highest BCUT2D eigenvalue weighted by Gasteiger charge is 2.12. The molecule has 2 aromatic carbocycles. The quantitative estimate of drug-likeness (QED) is 0.635. The van der Waals surface area contributed by atoms with Crippen LogP contribution < -0.4 is 5.32 Å². The van der Waals surface area contributed by atoms with E-state index in [9.17, 15) is 9.00 Å². The van der Waals surface area contributed by atoms with Gasteiger partial charge in [-0.15, -0.1) is 10.2 Å². The first kappa shape index (κ1) is 18.6. The van der Waals surface area contributed by atoms with E-state index in [1.165, 1.54) is 11.8 Å². The minimum atomic E-state index is -1.15. The second-order valence-electron chi connectivity index (χ2n) is 5.25. The Hall–Kier alpha value is -2.16. The molecule has 0 bridgehead atoms. The molecule has 26 heavy (non-hydrogen) atoms. The Labute approximate surface area is 162 Å². The molecular formula is C17H15ClN4O2S2. The molecule has 1 heterocycles. The summed E-state index contributed by atoms with van der Waals surface area (Å²) in [6.45, 7) is 0. The van der Waals surface area contributed by atoms with Crippen molar-refractivity contribution in [3.63, 3.8) is 0 Å². The number of thioether (sulfide) groups is 1. The number of rotatable bonds is 6. The maximum absolute atomic E-state index is 12.3. The molecule has 1 N–H and O–H groups in total. The van der Waals surface area contributed by atoms with Crippen molar-refractivity contribution < 1.29 is 9.00 Å². The first-order valence-electron chi connectivity index (χ1n) is 7.55. The van der Waals surface area contributed by atoms with Crippen LogP contribution in [0.3, 0.4) is 0 Å². The monoisotopic (exact) mass is 406 g/mol. The van der Waals surface area contributed by atoms with Crippen LogP contribution in [0.15, 0.2) is 64.9 Å². The van der Waals surface area contributed by atoms with Crippen molar-refractivity contribution in [2.24, 2.45) is 0 Å². The van der Waals surface area contributed by atoms with Gasteiger partial charge in [-0.05, 0) is 30.3 Å². The first-order valence-corrected chi connectivity index (χ1v) is 10.5. The van der Waals surface area contributed by atoms with E-state index >= 15 is 0 Å². The zero-order chi connectivity index (χ0) is 18.5. The molecular weight excluding hydrogens is 392 g/mol. The Morgan fingerprint density at radius 1 is 1.27 bits per heavy atom. The van der Waals surface area contributed by atoms with Crippen LogP contribution in [0.25, 0.3) is 5.69 Å². The fourth-order valence-corrected chi connectivity index (χ4v) is 3.62. The molecule has 1 atom stereocenters. The smallest absolute Gasteiger partial charge is 0.234 e. The molecule has 0 radical (unpaired) electrons. The number of carbonyl (C=O) groups excluding carboxylic acids is 1. The zero-order valence-electron chi connectivity index (χ0n) is 13.8. The van der Waals surface area contributed by atoms with Gasteiger partial charge in [0.1, 0.15) is 6.33 Å². The summed E-state index contributed by atoms with van der Waals surface area (Å²) >= 11 is 7.37. The molecule has 0 aliphatic carbocycles. The average Bonchev–Trinajstić information content (AvgIpc) is 3.11. The molecule has 0 saturated carbocycles. The normalized spacial score (nSPS) is 11.9. The van der Waals surface area contributed by atoms with E-state index < -0.39 is 10.8 Å². The summed E-state index contributed by atoms with van der Waals surface area (Å²) in [4.78, 5) is 12.9. The lowest BCUT2D eigenvalue weighted by atomic mass is 10.3. The van der Waals surface area contributed by atoms with E-state index in [-0.39, 0.29) is 11.7 Å². The van der Waals surface area contributed by atoms with Crippen LogP contribution in [0.1, 0.15) is 0 Å². The zero-order valence-corrected chi connectivity index (χ0v) is 16.1. The van der Waals surface area contributed by atoms with Gasteiger partial charge in [0.05, 0.1) is 16.5 Å². The Morgan fingerprint density at radius 3 is 2.77 bits per heavy atom. The molecule has 134 valence electrons. The lowest BCUT2D eigenvalue weighted by Gasteiger charge is -2.09. The lowest BCUT2D eigenvalue weighted by Crippen LogP contribution is -2.15. The molecule has 0 aliphatic rings. The number of hydrogen-bond donors (Lipinski definition) is 1. The number of aromatic nitrogens is 3. The predicted octanol–water partition coefficient (Wildman–Crippen LogP) is 3.39. The highest BCUT2D eigenvalue weighted by atomic mass is 35.5. The van der Waals surface area contributed by atoms with Crippen molar-refractivity contribution >= 4 is 45.8 Å². The molecule has 9 heteroatoms. The number of benzene rings is 2. The van der Waals surface area contributed by atoms with Gasteiger partial charge in [-0.2, -0.15) is 0 Å². The fourth-order valence-electron chi connectivity index (χ4n) is 2.18. The number of para-hydroxylation sites is 1. The van der Waals surface area contributed by atoms with Crippen molar-refractivity contribution in [3.05, 3.63) is 59.9 Å². The van der Waals surface area contributed by atoms with Crippen LogP contribution in [0.2, 0.25) is 5.02 Å². The van der Waals surface area contributed by atoms with Crippen molar-refractivity contribution in [1.82, 2.24) is 14.8 Å². The third kappa shape index (κ3) is 4.51. The van der Waals surface area contributed by atoms with Crippen LogP contribution in [-0.2, 0) is 15.6 Å². The minimum Gasteiger partial charge on any atom is -0.324 e. The Balaban J connectivity index is 1.67. The van der Waals surface area contributed by atoms with Gasteiger partial charge in [0.2, 0.25) is 5.91 Å². The van der Waals surface area contributed by atoms with Gasteiger partial charge in [-0.25, -0.2) is 0 Å². The van der Waals surface area contributed by atoms with Gasteiger partial charge >= 0.3 is 0 Å². The predicted molar refractivity (Wildman–Crippen MR) is 104 cm³/mol. The second-order valence-corrected chi connectivity index (χ2v) is 7.98. The van der Waals surface area contributed by atoms with Crippen LogP contribution in [-0.4, -0.2) is 36.9 Å². The number of carbonyl (C=O) groups is 1. The number of hydrogen-bond acceptors (Lipinski definition) is 5. The van der Waals surface area contributed by atoms with Crippen LogP contribution in [0.5, 0.6) is 0 Å². The van der Waals surface area contributed by atoms with Crippen LogP contribution in [0, 0.1) is 0 Å². The molecule has 0 spiro atoms. The SMILES string of the molecule is CS(=O)c1ccc(Cl)c(NC(=O)CSc2nncn2-c2ccccc2)c1. The topological polar surface area (TPSA) is 76.9 Å². The standard InChI is InChI=1S/C17H15ClN4O2S2/c1-26(24)13-7-8-14(18)15(9-13)20-16(23)10-25-17-21-19-11-22(17)12-5-3-2-4-6-12/h2-9,11H,10H2,1H3,(H,20,23). The Bertz CT molecular complexity index is 947. The van der Waals surface area contributed by atoms with Crippen molar-refractivity contribution in [2.45, 2.75) is 10.1 Å². The van der Waals surface area contributed by atoms with Gasteiger partial charge in [0.15, 0.2) is 5.16 Å². The second kappa shape index (κ2) is 8.48. The molecule has 0 saturated heterocycles. The molecule has 0 aliphatic heterocycles. The number of halogens is 1. The minimum absolute atomic E-state index is 0.140. The maximum atomic E-state index is 12.3. The van der Waals surface area contributed by atoms with Crippen LogP contribution in [0.4, 0.5) is 5.69 Å². The van der Waals surface area contributed by atoms with Crippen molar-refractivity contribution in [2.75, 3.05) is 17.3 Å². The number of nitrogens with zero attached hydrogens (tertiary/aromatic N) is 3. The summed E-state index contributed by atoms with van der Waals surface area (Å²) in [6.07, 6.45) is 3.17. The lowest BCUT2D eigenvalue weighted by molar-refractivity contribution is -0.113. The molecule has 3 rings (SSSR count). The highest BCUT2D eigenvalue weighted by Crippen LogP contribution is 2.25. The molecule has 1 aromatic heterocycles. The van der Waals surface area contributed by atoms with Crippen LogP contribution >= 0.6 is 23.4 Å². The summed E-state index contributed by atoms with van der Waals surface area (Å²) in [6, 6.07) is 14.5. The Morgan fingerprint density at radius 2 is 2.04 bits per heavy atom. The van der Waals surface area contributed by atoms with E-state index in [0.29, 0.717) is 20.8 Å². The fraction of sp³-hybridized carbons (Fsp3) is 0.118. The van der Waals surface area contributed by atoms with E-state index in [0.717, 1.165) is 5.69 Å². The third-order valence-electron chi connectivity index (χ3n) is 3.43. The van der Waals surface area contributed by atoms with E-state index in [1.54, 1.807) is 30.8 Å². The van der Waals surface area contributed by atoms with E-state index in [4.69, 9.17) is 11.6 Å². The van der Waals surface area contributed by atoms with Gasteiger partial charge in [0, 0.05) is 27.6 Å². The summed E-state index contributed by atoms with van der Waals surface area (Å²) < 4.78 is 13.4. The molecule has 1 amide bonds. The summed E-state index contributed by atoms with van der Waals surface area (Å²) in [7, 11) is -1.15. The number of nitrogens with one attached hydrogen (secondary N) is 1. The average molecular weight is 407 g/mol. The van der Waals surface area contributed by atoms with Gasteiger partial charge in [0.25, 0.3) is 0 Å². The van der Waals surface area contributed by atoms with E-state index in [2.05, 4.69) is 15.5 Å². The first-order chi connectivity index (χ1) is 12.5. The summed E-state index contributed by atoms with van der Waals surface area (Å²) in [5, 5.41) is 11.7.